The number of alkyl halides is 1. The van der Waals surface area contributed by atoms with Gasteiger partial charge in [0.15, 0.2) is 0 Å². The summed E-state index contributed by atoms with van der Waals surface area (Å²) in [5, 5.41) is 1.24. The van der Waals surface area contributed by atoms with Crippen LogP contribution >= 0.6 is 23.2 Å². The summed E-state index contributed by atoms with van der Waals surface area (Å²) in [6, 6.07) is 5.88. The van der Waals surface area contributed by atoms with Crippen LogP contribution in [-0.2, 0) is 11.2 Å². The van der Waals surface area contributed by atoms with Crippen LogP contribution in [0.5, 0.6) is 0 Å². The standard InChI is InChI=1S/C15H20Cl2O.CH3F/c1-11-5-7-15(18-2,8-6-11)10-12-3-4-13(16)14(17)9-12;1-2/h3-4,9,11H,5-8,10H2,1-2H3;1H3. The maximum absolute atomic E-state index is 9.50. The maximum atomic E-state index is 9.50. The summed E-state index contributed by atoms with van der Waals surface area (Å²) in [5.41, 5.74) is 1.20. The molecule has 20 heavy (non-hydrogen) atoms. The van der Waals surface area contributed by atoms with Crippen LogP contribution in [0.2, 0.25) is 10.0 Å². The number of hydrogen-bond donors (Lipinski definition) is 0. The highest BCUT2D eigenvalue weighted by atomic mass is 35.5. The van der Waals surface area contributed by atoms with Gasteiger partial charge in [0.25, 0.3) is 0 Å². The fourth-order valence-electron chi connectivity index (χ4n) is 2.76. The lowest BCUT2D eigenvalue weighted by atomic mass is 9.76. The highest BCUT2D eigenvalue weighted by Gasteiger charge is 2.34. The normalized spacial score (nSPS) is 25.8. The summed E-state index contributed by atoms with van der Waals surface area (Å²) < 4.78 is 15.3. The van der Waals surface area contributed by atoms with Crippen molar-refractivity contribution in [2.75, 3.05) is 14.3 Å². The first-order valence-corrected chi connectivity index (χ1v) is 7.67. The monoisotopic (exact) mass is 320 g/mol. The van der Waals surface area contributed by atoms with Gasteiger partial charge in [-0.05, 0) is 49.3 Å². The highest BCUT2D eigenvalue weighted by Crippen LogP contribution is 2.37. The number of halogens is 3. The van der Waals surface area contributed by atoms with Gasteiger partial charge in [-0.1, -0.05) is 36.2 Å². The summed E-state index contributed by atoms with van der Waals surface area (Å²) in [6.45, 7) is 2.32. The van der Waals surface area contributed by atoms with E-state index >= 15 is 0 Å². The predicted octanol–water partition coefficient (Wildman–Crippen LogP) is 5.72. The van der Waals surface area contributed by atoms with Crippen LogP contribution in [0.3, 0.4) is 0 Å². The summed E-state index contributed by atoms with van der Waals surface area (Å²) >= 11 is 12.0. The molecule has 114 valence electrons. The molecule has 0 heterocycles. The number of methoxy groups -OCH3 is 1. The van der Waals surface area contributed by atoms with Crippen LogP contribution in [0, 0.1) is 5.92 Å². The van der Waals surface area contributed by atoms with Gasteiger partial charge in [0.1, 0.15) is 0 Å². The molecule has 1 aromatic carbocycles. The fraction of sp³-hybridized carbons (Fsp3) is 0.625. The summed E-state index contributed by atoms with van der Waals surface area (Å²) in [4.78, 5) is 0. The molecule has 0 spiro atoms. The molecule has 1 aliphatic rings. The second-order valence-electron chi connectivity index (χ2n) is 5.49. The Balaban J connectivity index is 0.000000956. The number of rotatable bonds is 3. The third-order valence-corrected chi connectivity index (χ3v) is 4.87. The van der Waals surface area contributed by atoms with Crippen LogP contribution < -0.4 is 0 Å². The molecule has 0 atom stereocenters. The van der Waals surface area contributed by atoms with Crippen LogP contribution in [0.25, 0.3) is 0 Å². The lowest BCUT2D eigenvalue weighted by Gasteiger charge is -2.38. The lowest BCUT2D eigenvalue weighted by molar-refractivity contribution is -0.0469. The number of hydrogen-bond acceptors (Lipinski definition) is 1. The van der Waals surface area contributed by atoms with E-state index in [2.05, 4.69) is 6.92 Å². The predicted molar refractivity (Wildman–Crippen MR) is 84.6 cm³/mol. The summed E-state index contributed by atoms with van der Waals surface area (Å²) in [5.74, 6) is 0.821. The SMILES string of the molecule is CF.COC1(Cc2ccc(Cl)c(Cl)c2)CCC(C)CC1. The van der Waals surface area contributed by atoms with E-state index in [4.69, 9.17) is 27.9 Å². The minimum absolute atomic E-state index is 0.0102. The van der Waals surface area contributed by atoms with E-state index in [-0.39, 0.29) is 5.60 Å². The Bertz CT molecular complexity index is 415. The van der Waals surface area contributed by atoms with Crippen molar-refractivity contribution in [1.82, 2.24) is 0 Å². The molecule has 0 radical (unpaired) electrons. The zero-order chi connectivity index (χ0) is 15.2. The average molecular weight is 321 g/mol. The molecule has 0 saturated heterocycles. The van der Waals surface area contributed by atoms with Crippen molar-refractivity contribution in [3.05, 3.63) is 33.8 Å². The molecular weight excluding hydrogens is 298 g/mol. The number of ether oxygens (including phenoxy) is 1. The van der Waals surface area contributed by atoms with Crippen molar-refractivity contribution in [2.24, 2.45) is 5.92 Å². The fourth-order valence-corrected chi connectivity index (χ4v) is 3.08. The van der Waals surface area contributed by atoms with Crippen molar-refractivity contribution < 1.29 is 9.13 Å². The summed E-state index contributed by atoms with van der Waals surface area (Å²) in [6.07, 6.45) is 5.67. The van der Waals surface area contributed by atoms with Gasteiger partial charge in [-0.3, -0.25) is 4.39 Å². The molecule has 0 N–H and O–H groups in total. The zero-order valence-electron chi connectivity index (χ0n) is 12.4. The van der Waals surface area contributed by atoms with Gasteiger partial charge in [-0.15, -0.1) is 0 Å². The maximum Gasteiger partial charge on any atom is 0.0785 e. The van der Waals surface area contributed by atoms with Gasteiger partial charge < -0.3 is 4.74 Å². The van der Waals surface area contributed by atoms with E-state index in [0.717, 1.165) is 25.2 Å². The first-order valence-electron chi connectivity index (χ1n) is 6.91. The van der Waals surface area contributed by atoms with Crippen LogP contribution in [0.15, 0.2) is 18.2 Å². The van der Waals surface area contributed by atoms with E-state index in [9.17, 15) is 4.39 Å². The van der Waals surface area contributed by atoms with E-state index in [1.807, 2.05) is 25.3 Å². The van der Waals surface area contributed by atoms with Gasteiger partial charge in [0.2, 0.25) is 0 Å². The quantitative estimate of drug-likeness (QED) is 0.692. The number of benzene rings is 1. The topological polar surface area (TPSA) is 9.23 Å². The second-order valence-corrected chi connectivity index (χ2v) is 6.31. The third-order valence-electron chi connectivity index (χ3n) is 4.13. The van der Waals surface area contributed by atoms with Crippen molar-refractivity contribution >= 4 is 23.2 Å². The second kappa shape index (κ2) is 8.21. The van der Waals surface area contributed by atoms with E-state index < -0.39 is 0 Å². The molecule has 0 aromatic heterocycles. The van der Waals surface area contributed by atoms with Gasteiger partial charge >= 0.3 is 0 Å². The Morgan fingerprint density at radius 3 is 2.30 bits per heavy atom. The Kier molecular flexibility index (Phi) is 7.28. The Morgan fingerprint density at radius 2 is 1.80 bits per heavy atom. The first-order chi connectivity index (χ1) is 9.54. The van der Waals surface area contributed by atoms with Crippen molar-refractivity contribution in [1.29, 1.82) is 0 Å². The van der Waals surface area contributed by atoms with Crippen LogP contribution in [0.1, 0.15) is 38.2 Å². The summed E-state index contributed by atoms with van der Waals surface area (Å²) in [7, 11) is 2.33. The van der Waals surface area contributed by atoms with E-state index in [0.29, 0.717) is 17.2 Å². The third kappa shape index (κ3) is 4.61. The van der Waals surface area contributed by atoms with Crippen molar-refractivity contribution in [2.45, 2.75) is 44.6 Å². The van der Waals surface area contributed by atoms with Crippen molar-refractivity contribution in [3.63, 3.8) is 0 Å². The largest absolute Gasteiger partial charge is 0.378 e. The minimum Gasteiger partial charge on any atom is -0.378 e. The van der Waals surface area contributed by atoms with Gasteiger partial charge in [0, 0.05) is 13.5 Å². The molecule has 0 aliphatic heterocycles. The average Bonchev–Trinajstić information content (AvgIpc) is 2.48. The molecular formula is C16H23Cl2FO. The van der Waals surface area contributed by atoms with Crippen molar-refractivity contribution in [3.8, 4) is 0 Å². The van der Waals surface area contributed by atoms with E-state index in [1.165, 1.54) is 18.4 Å². The Morgan fingerprint density at radius 1 is 1.20 bits per heavy atom. The zero-order valence-corrected chi connectivity index (χ0v) is 13.9. The van der Waals surface area contributed by atoms with Gasteiger partial charge in [-0.25, -0.2) is 0 Å². The van der Waals surface area contributed by atoms with E-state index in [1.54, 1.807) is 0 Å². The molecule has 1 fully saturated rings. The molecule has 1 nitrogen and oxygen atoms in total. The Hall–Kier alpha value is -0.310. The molecule has 1 aromatic rings. The molecule has 0 bridgehead atoms. The highest BCUT2D eigenvalue weighted by molar-refractivity contribution is 6.42. The minimum atomic E-state index is -0.0102. The van der Waals surface area contributed by atoms with Crippen LogP contribution in [0.4, 0.5) is 4.39 Å². The molecule has 1 aliphatic carbocycles. The first kappa shape index (κ1) is 17.7. The molecule has 4 heteroatoms. The van der Waals surface area contributed by atoms with Gasteiger partial charge in [-0.2, -0.15) is 0 Å². The van der Waals surface area contributed by atoms with Crippen LogP contribution in [-0.4, -0.2) is 19.9 Å². The lowest BCUT2D eigenvalue weighted by Crippen LogP contribution is -2.38. The molecule has 0 unspecified atom stereocenters. The smallest absolute Gasteiger partial charge is 0.0785 e. The molecule has 0 amide bonds. The molecule has 1 saturated carbocycles. The molecule has 2 rings (SSSR count). The Labute approximate surface area is 131 Å². The van der Waals surface area contributed by atoms with Gasteiger partial charge in [0.05, 0.1) is 22.8 Å².